The second kappa shape index (κ2) is 46.3. The molecule has 31 heteroatoms. The topological polar surface area (TPSA) is 505 Å². The van der Waals surface area contributed by atoms with Crippen LogP contribution in [0.4, 0.5) is 4.79 Å². The van der Waals surface area contributed by atoms with Crippen molar-refractivity contribution in [2.75, 3.05) is 32.8 Å². The van der Waals surface area contributed by atoms with E-state index in [0.29, 0.717) is 102 Å². The average molecular weight is 1720 g/mol. The van der Waals surface area contributed by atoms with Gasteiger partial charge in [-0.1, -0.05) is 155 Å². The third kappa shape index (κ3) is 25.1. The van der Waals surface area contributed by atoms with Gasteiger partial charge in [-0.15, -0.1) is 0 Å². The Labute approximate surface area is 732 Å². The highest BCUT2D eigenvalue weighted by Crippen LogP contribution is 2.45. The minimum Gasteiger partial charge on any atom is -0.480 e. The van der Waals surface area contributed by atoms with Crippen LogP contribution >= 0.6 is 0 Å². The van der Waals surface area contributed by atoms with E-state index in [0.717, 1.165) is 44.1 Å². The van der Waals surface area contributed by atoms with Crippen LogP contribution in [-0.4, -0.2) is 183 Å². The number of unbranched alkanes of at least 4 members (excludes halogenated alkanes) is 4. The van der Waals surface area contributed by atoms with E-state index in [1.807, 2.05) is 166 Å². The summed E-state index contributed by atoms with van der Waals surface area (Å²) in [6.07, 6.45) is 9.18. The van der Waals surface area contributed by atoms with Crippen LogP contribution in [0.25, 0.3) is 54.7 Å². The first-order valence-electron chi connectivity index (χ1n) is 44.1. The molecule has 0 spiro atoms. The molecule has 4 heterocycles. The summed E-state index contributed by atoms with van der Waals surface area (Å²) in [7, 11) is 0. The van der Waals surface area contributed by atoms with Gasteiger partial charge in [0.15, 0.2) is 0 Å². The number of H-pyrrole nitrogens is 4. The zero-order chi connectivity index (χ0) is 89.8. The zero-order valence-electron chi connectivity index (χ0n) is 72.1. The predicted octanol–water partition coefficient (Wildman–Crippen LogP) is 7.85. The van der Waals surface area contributed by atoms with Gasteiger partial charge in [0.2, 0.25) is 53.2 Å². The number of alkyl carbamates (subject to hydrolysis) is 1. The molecular formula is C95H122N18O13. The van der Waals surface area contributed by atoms with Crippen LogP contribution in [0, 0.1) is 11.8 Å². The van der Waals surface area contributed by atoms with Crippen LogP contribution in [0.15, 0.2) is 170 Å². The number of rotatable bonds is 50. The highest BCUT2D eigenvalue weighted by molar-refractivity contribution is 6.01. The first-order chi connectivity index (χ1) is 61.0. The molecule has 126 heavy (non-hydrogen) atoms. The van der Waals surface area contributed by atoms with Crippen molar-refractivity contribution in [2.45, 2.75) is 210 Å². The molecule has 6 aromatic carbocycles. The zero-order valence-corrected chi connectivity index (χ0v) is 72.1. The van der Waals surface area contributed by atoms with Crippen LogP contribution < -0.4 is 76.1 Å². The summed E-state index contributed by atoms with van der Waals surface area (Å²) >= 11 is 0. The Morgan fingerprint density at radius 2 is 0.619 bits per heavy atom. The quantitative estimate of drug-likeness (QED) is 0.0161. The molecule has 1 aliphatic rings. The fourth-order valence-electron chi connectivity index (χ4n) is 16.6. The monoisotopic (exact) mass is 1720 g/mol. The molecule has 0 fully saturated rings. The van der Waals surface area contributed by atoms with Crippen LogP contribution in [-0.2, 0) is 78.4 Å². The number of fused-ring (bicyclic) bond motifs is 7. The van der Waals surface area contributed by atoms with Gasteiger partial charge in [0.05, 0.1) is 0 Å². The van der Waals surface area contributed by atoms with Crippen LogP contribution in [0.1, 0.15) is 157 Å². The molecule has 670 valence electrons. The first-order valence-corrected chi connectivity index (χ1v) is 44.1. The van der Waals surface area contributed by atoms with Crippen molar-refractivity contribution in [3.63, 3.8) is 0 Å². The van der Waals surface area contributed by atoms with E-state index in [2.05, 4.69) is 73.1 Å². The molecule has 11 atom stereocenters. The number of ether oxygens (including phenoxy) is 1. The maximum Gasteiger partial charge on any atom is 0.407 e. The molecule has 1 aliphatic carbocycles. The second-order valence-electron chi connectivity index (χ2n) is 33.2. The van der Waals surface area contributed by atoms with Gasteiger partial charge in [-0.2, -0.15) is 0 Å². The first kappa shape index (κ1) is 94.0. The van der Waals surface area contributed by atoms with Crippen molar-refractivity contribution < 1.29 is 62.6 Å². The number of carbonyl (C=O) groups excluding carboxylic acids is 10. The van der Waals surface area contributed by atoms with Gasteiger partial charge in [-0.25, -0.2) is 9.59 Å². The number of carbonyl (C=O) groups is 11. The lowest BCUT2D eigenvalue weighted by atomic mass is 9.97. The van der Waals surface area contributed by atoms with Crippen molar-refractivity contribution in [2.24, 2.45) is 34.8 Å². The molecule has 10 amide bonds. The number of aromatic amines is 4. The summed E-state index contributed by atoms with van der Waals surface area (Å²) in [5.74, 6) is -9.13. The van der Waals surface area contributed by atoms with Crippen molar-refractivity contribution in [1.82, 2.24) is 73.1 Å². The fraction of sp³-hybridized carbons (Fsp3) is 0.421. The van der Waals surface area contributed by atoms with E-state index in [1.165, 1.54) is 0 Å². The lowest BCUT2D eigenvalue weighted by molar-refractivity contribution is -0.143. The Hall–Kier alpha value is -12.7. The lowest BCUT2D eigenvalue weighted by Gasteiger charge is -2.29. The number of hydrogen-bond acceptors (Lipinski definition) is 16. The molecule has 31 nitrogen and oxygen atoms in total. The van der Waals surface area contributed by atoms with Gasteiger partial charge in [0, 0.05) is 100 Å². The molecular weight excluding hydrogens is 1600 g/mol. The smallest absolute Gasteiger partial charge is 0.407 e. The predicted molar refractivity (Wildman–Crippen MR) is 486 cm³/mol. The van der Waals surface area contributed by atoms with E-state index in [1.54, 1.807) is 31.7 Å². The fourth-order valence-corrected chi connectivity index (χ4v) is 16.6. The summed E-state index contributed by atoms with van der Waals surface area (Å²) < 4.78 is 5.92. The number of carboxylic acid groups (broad SMARTS) is 1. The van der Waals surface area contributed by atoms with E-state index < -0.39 is 132 Å². The Kier molecular flexibility index (Phi) is 34.5. The number of nitrogens with one attached hydrogen (secondary N) is 14. The molecule has 0 bridgehead atoms. The second-order valence-corrected chi connectivity index (χ2v) is 33.2. The van der Waals surface area contributed by atoms with Crippen LogP contribution in [0.2, 0.25) is 0 Å². The SMILES string of the molecule is CC[C@H](C)[C@H](NC(=O)OCC1c2ccccc2-c2ccccc21)C(=O)N[C@@H](CCCCN)C(=O)N[C@@H](Cc1c[nH]c2ccccc12)C(=O)N[C@@H](CCCCN)C(=O)N[C@@H](Cc1c[nH]c2ccccc12)C(=O)N[C@@H](Cc1c[nH]c2ccccc12)C(=O)N[C@@H](CCCCN)C(=O)N[C@@H](Cc1c[nH]c2ccccc12)C(=O)N[C@@H](CCCCN)C(=O)N[C@@H](CC(C)C)C(=O)O. The Bertz CT molecular complexity index is 5340. The summed E-state index contributed by atoms with van der Waals surface area (Å²) in [6, 6.07) is 31.6. The third-order valence-corrected chi connectivity index (χ3v) is 23.7. The molecule has 10 aromatic rings. The van der Waals surface area contributed by atoms with Gasteiger partial charge in [-0.05, 0) is 190 Å². The van der Waals surface area contributed by atoms with E-state index >= 15 is 33.6 Å². The third-order valence-electron chi connectivity index (χ3n) is 23.7. The molecule has 11 rings (SSSR count). The highest BCUT2D eigenvalue weighted by Gasteiger charge is 2.39. The minimum atomic E-state index is -1.51. The normalized spacial score (nSPS) is 14.5. The van der Waals surface area contributed by atoms with E-state index in [9.17, 15) is 24.3 Å². The summed E-state index contributed by atoms with van der Waals surface area (Å²) in [5.41, 5.74) is 33.5. The molecule has 0 radical (unpaired) electrons. The molecule has 4 aromatic heterocycles. The minimum absolute atomic E-state index is 0.0139. The van der Waals surface area contributed by atoms with Crippen molar-refractivity contribution in [3.05, 3.63) is 204 Å². The van der Waals surface area contributed by atoms with Crippen molar-refractivity contribution in [1.29, 1.82) is 0 Å². The molecule has 0 unspecified atom stereocenters. The van der Waals surface area contributed by atoms with Crippen molar-refractivity contribution >= 4 is 109 Å². The number of aliphatic carboxylic acids is 1. The van der Waals surface area contributed by atoms with E-state index in [-0.39, 0.29) is 102 Å². The Morgan fingerprint density at radius 1 is 0.349 bits per heavy atom. The van der Waals surface area contributed by atoms with E-state index in [4.69, 9.17) is 27.7 Å². The highest BCUT2D eigenvalue weighted by atomic mass is 16.5. The van der Waals surface area contributed by atoms with Gasteiger partial charge in [0.25, 0.3) is 0 Å². The average Bonchev–Trinajstić information content (AvgIpc) is 1.61. The molecule has 0 aliphatic heterocycles. The standard InChI is InChI=1S/C95H122N18O13/c1-5-57(4)84(113-95(125)126-55-70-68-32-8-6-30-66(68)67-31-7-9-33-69(67)70)93(122)107-78(41-21-25-45-99)87(116)109-80(48-59-52-101-72-35-15-11-27-63(59)72)89(118)104-76(39-19-23-43-97)86(115)110-82(50-61-54-103-74-37-17-13-29-65(61)74)92(121)111-81(49-60-53-102-73-36-16-12-28-64(60)73)91(120)105-75(38-18-22-42-96)85(114)108-79(47-58-51-100-71-34-14-10-26-62(58)71)90(119)106-77(40-20-24-44-98)88(117)112-83(94(123)124)46-56(2)3/h6-17,26-37,51-54,56-57,70,75-84,100-103H,5,18-25,38-50,55,96-99H2,1-4H3,(H,104,118)(H,105,120)(H,106,119)(H,107,122)(H,108,114)(H,109,116)(H,110,115)(H,111,121)(H,112,117)(H,113,125)(H,123,124)/t57-,75-,76-,77-,78-,79-,80-,81-,82-,83-,84-/m0/s1. The number of hydrogen-bond donors (Lipinski definition) is 19. The lowest BCUT2D eigenvalue weighted by Crippen LogP contribution is -2.61. The number of para-hydroxylation sites is 4. The number of benzene rings is 6. The largest absolute Gasteiger partial charge is 0.480 e. The van der Waals surface area contributed by atoms with Crippen LogP contribution in [0.5, 0.6) is 0 Å². The Morgan fingerprint density at radius 3 is 0.913 bits per heavy atom. The van der Waals surface area contributed by atoms with Crippen molar-refractivity contribution in [3.8, 4) is 11.1 Å². The number of carboxylic acids is 1. The van der Waals surface area contributed by atoms with Gasteiger partial charge >= 0.3 is 12.1 Å². The van der Waals surface area contributed by atoms with Gasteiger partial charge in [0.1, 0.15) is 67.0 Å². The number of amides is 10. The maximum absolute atomic E-state index is 15.9. The summed E-state index contributed by atoms with van der Waals surface area (Å²) in [4.78, 5) is 177. The Balaban J connectivity index is 0.873. The van der Waals surface area contributed by atoms with Gasteiger partial charge < -0.3 is 106 Å². The molecule has 23 N–H and O–H groups in total. The molecule has 0 saturated carbocycles. The summed E-state index contributed by atoms with van der Waals surface area (Å²) in [5, 5.41) is 41.9. The number of aromatic nitrogens is 4. The maximum atomic E-state index is 15.9. The summed E-state index contributed by atoms with van der Waals surface area (Å²) in [6.45, 7) is 8.27. The number of nitrogens with two attached hydrogens (primary N) is 4. The van der Waals surface area contributed by atoms with Gasteiger partial charge in [-0.3, -0.25) is 43.2 Å². The molecule has 0 saturated heterocycles. The van der Waals surface area contributed by atoms with Crippen LogP contribution in [0.3, 0.4) is 0 Å².